The molecular formula is C8H5IN2. The summed E-state index contributed by atoms with van der Waals surface area (Å²) in [5, 5.41) is 1.14. The normalized spacial score (nSPS) is 10.3. The van der Waals surface area contributed by atoms with Crippen LogP contribution in [0.15, 0.2) is 30.6 Å². The molecule has 54 valence electrons. The van der Waals surface area contributed by atoms with Crippen molar-refractivity contribution in [2.45, 2.75) is 0 Å². The van der Waals surface area contributed by atoms with E-state index in [9.17, 15) is 0 Å². The van der Waals surface area contributed by atoms with Crippen LogP contribution in [0, 0.1) is 3.70 Å². The molecular weight excluding hydrogens is 251 g/mol. The maximum absolute atomic E-state index is 4.30. The van der Waals surface area contributed by atoms with E-state index in [1.54, 1.807) is 12.4 Å². The number of nitrogens with zero attached hydrogens (tertiary/aromatic N) is 2. The largest absolute Gasteiger partial charge is 0.262 e. The second-order valence-corrected chi connectivity index (χ2v) is 3.31. The zero-order chi connectivity index (χ0) is 7.68. The van der Waals surface area contributed by atoms with E-state index in [1.165, 1.54) is 0 Å². The number of pyridine rings is 2. The van der Waals surface area contributed by atoms with Gasteiger partial charge in [0.2, 0.25) is 0 Å². The van der Waals surface area contributed by atoms with Crippen LogP contribution < -0.4 is 0 Å². The van der Waals surface area contributed by atoms with Gasteiger partial charge >= 0.3 is 0 Å². The van der Waals surface area contributed by atoms with E-state index in [0.29, 0.717) is 0 Å². The average molecular weight is 256 g/mol. The Morgan fingerprint density at radius 3 is 3.00 bits per heavy atom. The molecule has 0 aliphatic heterocycles. The van der Waals surface area contributed by atoms with Gasteiger partial charge in [0.1, 0.15) is 3.70 Å². The van der Waals surface area contributed by atoms with Crippen LogP contribution in [0.1, 0.15) is 0 Å². The Balaban J connectivity index is 2.83. The summed E-state index contributed by atoms with van der Waals surface area (Å²) < 4.78 is 1.00. The van der Waals surface area contributed by atoms with Crippen molar-refractivity contribution < 1.29 is 0 Å². The van der Waals surface area contributed by atoms with Gasteiger partial charge in [-0.15, -0.1) is 0 Å². The first-order chi connectivity index (χ1) is 5.36. The summed E-state index contributed by atoms with van der Waals surface area (Å²) >= 11 is 2.19. The Morgan fingerprint density at radius 1 is 1.18 bits per heavy atom. The highest BCUT2D eigenvalue weighted by molar-refractivity contribution is 14.1. The SMILES string of the molecule is Ic1ccc2ccncc2n1. The third-order valence-electron chi connectivity index (χ3n) is 1.46. The molecule has 0 aliphatic carbocycles. The Labute approximate surface area is 77.8 Å². The zero-order valence-electron chi connectivity index (χ0n) is 5.66. The molecule has 0 unspecified atom stereocenters. The molecule has 0 saturated heterocycles. The Hall–Kier alpha value is -0.710. The second kappa shape index (κ2) is 2.73. The lowest BCUT2D eigenvalue weighted by Gasteiger charge is -1.94. The van der Waals surface area contributed by atoms with Crippen LogP contribution in [0.4, 0.5) is 0 Å². The van der Waals surface area contributed by atoms with Gasteiger partial charge in [-0.05, 0) is 34.7 Å². The summed E-state index contributed by atoms with van der Waals surface area (Å²) in [5.41, 5.74) is 0.958. The van der Waals surface area contributed by atoms with Gasteiger partial charge in [-0.3, -0.25) is 4.98 Å². The monoisotopic (exact) mass is 256 g/mol. The van der Waals surface area contributed by atoms with E-state index in [-0.39, 0.29) is 0 Å². The summed E-state index contributed by atoms with van der Waals surface area (Å²) in [5.74, 6) is 0. The molecule has 0 atom stereocenters. The molecule has 2 rings (SSSR count). The van der Waals surface area contributed by atoms with Crippen molar-refractivity contribution >= 4 is 33.5 Å². The molecule has 0 N–H and O–H groups in total. The van der Waals surface area contributed by atoms with Crippen molar-refractivity contribution in [1.29, 1.82) is 0 Å². The highest BCUT2D eigenvalue weighted by Crippen LogP contribution is 2.10. The van der Waals surface area contributed by atoms with Gasteiger partial charge < -0.3 is 0 Å². The Bertz CT molecular complexity index is 387. The van der Waals surface area contributed by atoms with Crippen molar-refractivity contribution in [3.05, 3.63) is 34.3 Å². The predicted octanol–water partition coefficient (Wildman–Crippen LogP) is 2.23. The fourth-order valence-corrected chi connectivity index (χ4v) is 1.38. The van der Waals surface area contributed by atoms with E-state index in [0.717, 1.165) is 14.6 Å². The minimum atomic E-state index is 0.958. The van der Waals surface area contributed by atoms with Gasteiger partial charge in [-0.1, -0.05) is 6.07 Å². The van der Waals surface area contributed by atoms with Crippen molar-refractivity contribution in [3.8, 4) is 0 Å². The lowest BCUT2D eigenvalue weighted by molar-refractivity contribution is 1.28. The molecule has 0 fully saturated rings. The van der Waals surface area contributed by atoms with Gasteiger partial charge in [0.25, 0.3) is 0 Å². The van der Waals surface area contributed by atoms with Gasteiger partial charge in [0.15, 0.2) is 0 Å². The van der Waals surface area contributed by atoms with Crippen LogP contribution in [-0.2, 0) is 0 Å². The van der Waals surface area contributed by atoms with Gasteiger partial charge in [0, 0.05) is 11.6 Å². The van der Waals surface area contributed by atoms with Crippen LogP contribution in [0.2, 0.25) is 0 Å². The van der Waals surface area contributed by atoms with Crippen LogP contribution in [-0.4, -0.2) is 9.97 Å². The van der Waals surface area contributed by atoms with Crippen LogP contribution in [0.25, 0.3) is 10.9 Å². The topological polar surface area (TPSA) is 25.8 Å². The molecule has 0 saturated carbocycles. The molecule has 2 heterocycles. The lowest BCUT2D eigenvalue weighted by Crippen LogP contribution is -1.82. The molecule has 2 aromatic heterocycles. The molecule has 0 radical (unpaired) electrons. The molecule has 11 heavy (non-hydrogen) atoms. The van der Waals surface area contributed by atoms with Gasteiger partial charge in [-0.2, -0.15) is 0 Å². The van der Waals surface area contributed by atoms with E-state index >= 15 is 0 Å². The Kier molecular flexibility index (Phi) is 1.73. The van der Waals surface area contributed by atoms with Gasteiger partial charge in [0.05, 0.1) is 11.7 Å². The molecule has 3 heteroatoms. The summed E-state index contributed by atoms with van der Waals surface area (Å²) in [6.45, 7) is 0. The first-order valence-corrected chi connectivity index (χ1v) is 4.30. The van der Waals surface area contributed by atoms with Crippen LogP contribution >= 0.6 is 22.6 Å². The number of hydrogen-bond acceptors (Lipinski definition) is 2. The third-order valence-corrected chi connectivity index (χ3v) is 2.06. The van der Waals surface area contributed by atoms with Crippen LogP contribution in [0.3, 0.4) is 0 Å². The number of halogens is 1. The minimum Gasteiger partial charge on any atom is -0.262 e. The highest BCUT2D eigenvalue weighted by Gasteiger charge is 1.92. The zero-order valence-corrected chi connectivity index (χ0v) is 7.82. The van der Waals surface area contributed by atoms with E-state index < -0.39 is 0 Å². The minimum absolute atomic E-state index is 0.958. The van der Waals surface area contributed by atoms with Crippen LogP contribution in [0.5, 0.6) is 0 Å². The fourth-order valence-electron chi connectivity index (χ4n) is 0.942. The fraction of sp³-hybridized carbons (Fsp3) is 0. The summed E-state index contributed by atoms with van der Waals surface area (Å²) in [4.78, 5) is 8.29. The lowest BCUT2D eigenvalue weighted by atomic mass is 10.3. The van der Waals surface area contributed by atoms with E-state index in [4.69, 9.17) is 0 Å². The van der Waals surface area contributed by atoms with Crippen molar-refractivity contribution in [2.75, 3.05) is 0 Å². The average Bonchev–Trinajstić information content (AvgIpc) is 2.04. The first-order valence-electron chi connectivity index (χ1n) is 3.22. The van der Waals surface area contributed by atoms with E-state index in [1.807, 2.05) is 18.2 Å². The number of fused-ring (bicyclic) bond motifs is 1. The molecule has 0 spiro atoms. The number of aromatic nitrogens is 2. The summed E-state index contributed by atoms with van der Waals surface area (Å²) in [6.07, 6.45) is 3.55. The maximum atomic E-state index is 4.30. The molecule has 0 aromatic carbocycles. The van der Waals surface area contributed by atoms with Gasteiger partial charge in [-0.25, -0.2) is 4.98 Å². The first kappa shape index (κ1) is 6.97. The van der Waals surface area contributed by atoms with Crippen molar-refractivity contribution in [3.63, 3.8) is 0 Å². The molecule has 2 nitrogen and oxygen atoms in total. The molecule has 0 aliphatic rings. The number of rotatable bonds is 0. The standard InChI is InChI=1S/C8H5IN2/c9-8-2-1-6-3-4-10-5-7(6)11-8/h1-5H. The van der Waals surface area contributed by atoms with E-state index in [2.05, 4.69) is 32.6 Å². The number of hydrogen-bond donors (Lipinski definition) is 0. The smallest absolute Gasteiger partial charge is 0.102 e. The predicted molar refractivity (Wildman–Crippen MR) is 52.3 cm³/mol. The van der Waals surface area contributed by atoms with Crippen molar-refractivity contribution in [2.24, 2.45) is 0 Å². The third kappa shape index (κ3) is 1.33. The molecule has 2 aromatic rings. The Morgan fingerprint density at radius 2 is 2.09 bits per heavy atom. The maximum Gasteiger partial charge on any atom is 0.102 e. The van der Waals surface area contributed by atoms with Crippen molar-refractivity contribution in [1.82, 2.24) is 9.97 Å². The summed E-state index contributed by atoms with van der Waals surface area (Å²) in [6, 6.07) is 5.99. The second-order valence-electron chi connectivity index (χ2n) is 2.20. The summed E-state index contributed by atoms with van der Waals surface area (Å²) in [7, 11) is 0. The molecule has 0 bridgehead atoms. The quantitative estimate of drug-likeness (QED) is 0.533. The highest BCUT2D eigenvalue weighted by atomic mass is 127. The molecule has 0 amide bonds.